The second-order valence-electron chi connectivity index (χ2n) is 5.24. The van der Waals surface area contributed by atoms with Crippen LogP contribution in [0.15, 0.2) is 29.4 Å². The molecule has 0 amide bonds. The third-order valence-electron chi connectivity index (χ3n) is 3.22. The first-order valence-electron chi connectivity index (χ1n) is 6.96. The first-order valence-corrected chi connectivity index (χ1v) is 8.67. The molecule has 0 aromatic heterocycles. The predicted molar refractivity (Wildman–Crippen MR) is 84.1 cm³/mol. The predicted octanol–water partition coefficient (Wildman–Crippen LogP) is 2.67. The fourth-order valence-electron chi connectivity index (χ4n) is 1.64. The van der Waals surface area contributed by atoms with Crippen molar-refractivity contribution in [2.24, 2.45) is 5.16 Å². The maximum Gasteiger partial charge on any atom is 0.155 e. The molecule has 21 heavy (non-hydrogen) atoms. The lowest BCUT2D eigenvalue weighted by molar-refractivity contribution is 0.317. The Morgan fingerprint density at radius 2 is 1.90 bits per heavy atom. The molecule has 0 bridgehead atoms. The third kappa shape index (κ3) is 6.16. The summed E-state index contributed by atoms with van der Waals surface area (Å²) in [6, 6.07) is 7.50. The van der Waals surface area contributed by atoms with Crippen LogP contribution in [0.2, 0.25) is 0 Å². The van der Waals surface area contributed by atoms with Crippen LogP contribution in [0.3, 0.4) is 0 Å². The zero-order valence-electron chi connectivity index (χ0n) is 12.7. The van der Waals surface area contributed by atoms with Gasteiger partial charge in [-0.05, 0) is 51.3 Å². The Labute approximate surface area is 126 Å². The van der Waals surface area contributed by atoms with Gasteiger partial charge in [0.2, 0.25) is 0 Å². The maximum absolute atomic E-state index is 11.6. The SMILES string of the molecule is C/C(CCc1ccc(OCCS(=O)(=O)C(C)C)cc1)=N\O. The Morgan fingerprint density at radius 1 is 1.29 bits per heavy atom. The summed E-state index contributed by atoms with van der Waals surface area (Å²) >= 11 is 0. The summed E-state index contributed by atoms with van der Waals surface area (Å²) < 4.78 is 28.7. The number of aryl methyl sites for hydroxylation is 1. The minimum absolute atomic E-state index is 0.0264. The molecule has 0 fully saturated rings. The van der Waals surface area contributed by atoms with Crippen LogP contribution in [-0.4, -0.2) is 36.9 Å². The molecule has 0 spiro atoms. The lowest BCUT2D eigenvalue weighted by Gasteiger charge is -2.09. The van der Waals surface area contributed by atoms with E-state index in [-0.39, 0.29) is 17.6 Å². The van der Waals surface area contributed by atoms with E-state index in [0.717, 1.165) is 12.0 Å². The van der Waals surface area contributed by atoms with Gasteiger partial charge >= 0.3 is 0 Å². The summed E-state index contributed by atoms with van der Waals surface area (Å²) in [5, 5.41) is 11.3. The number of nitrogens with zero attached hydrogens (tertiary/aromatic N) is 1. The number of rotatable bonds is 8. The number of hydrogen-bond acceptors (Lipinski definition) is 5. The molecule has 0 atom stereocenters. The van der Waals surface area contributed by atoms with Crippen molar-refractivity contribution in [3.05, 3.63) is 29.8 Å². The van der Waals surface area contributed by atoms with E-state index >= 15 is 0 Å². The van der Waals surface area contributed by atoms with E-state index in [2.05, 4.69) is 5.16 Å². The molecule has 1 aromatic rings. The highest BCUT2D eigenvalue weighted by atomic mass is 32.2. The van der Waals surface area contributed by atoms with Crippen molar-refractivity contribution in [1.82, 2.24) is 0 Å². The smallest absolute Gasteiger partial charge is 0.155 e. The molecule has 1 aromatic carbocycles. The Balaban J connectivity index is 2.45. The topological polar surface area (TPSA) is 76.0 Å². The number of ether oxygens (including phenoxy) is 1. The van der Waals surface area contributed by atoms with E-state index in [1.54, 1.807) is 20.8 Å². The fourth-order valence-corrected chi connectivity index (χ4v) is 2.43. The van der Waals surface area contributed by atoms with Crippen molar-refractivity contribution in [1.29, 1.82) is 0 Å². The molecule has 0 aliphatic carbocycles. The molecular weight excluding hydrogens is 290 g/mol. The van der Waals surface area contributed by atoms with Gasteiger partial charge in [0.05, 0.1) is 16.7 Å². The van der Waals surface area contributed by atoms with Crippen LogP contribution in [0.1, 0.15) is 32.8 Å². The molecule has 0 aliphatic rings. The van der Waals surface area contributed by atoms with E-state index in [1.165, 1.54) is 0 Å². The number of benzene rings is 1. The van der Waals surface area contributed by atoms with Crippen LogP contribution in [0.4, 0.5) is 0 Å². The van der Waals surface area contributed by atoms with Crippen molar-refractivity contribution in [3.63, 3.8) is 0 Å². The fraction of sp³-hybridized carbons (Fsp3) is 0.533. The molecule has 0 unspecified atom stereocenters. The zero-order valence-corrected chi connectivity index (χ0v) is 13.6. The minimum Gasteiger partial charge on any atom is -0.493 e. The first-order chi connectivity index (χ1) is 9.85. The number of oxime groups is 1. The van der Waals surface area contributed by atoms with Crippen LogP contribution in [0.25, 0.3) is 0 Å². The largest absolute Gasteiger partial charge is 0.493 e. The van der Waals surface area contributed by atoms with E-state index in [0.29, 0.717) is 17.9 Å². The maximum atomic E-state index is 11.6. The Kier molecular flexibility index (Phi) is 6.68. The highest BCUT2D eigenvalue weighted by Crippen LogP contribution is 2.14. The molecular formula is C15H23NO4S. The Bertz CT molecular complexity index is 562. The molecule has 1 N–H and O–H groups in total. The monoisotopic (exact) mass is 313 g/mol. The van der Waals surface area contributed by atoms with Gasteiger partial charge in [0, 0.05) is 0 Å². The average Bonchev–Trinajstić information content (AvgIpc) is 2.45. The highest BCUT2D eigenvalue weighted by Gasteiger charge is 2.15. The summed E-state index contributed by atoms with van der Waals surface area (Å²) in [7, 11) is -3.06. The summed E-state index contributed by atoms with van der Waals surface area (Å²) in [6.07, 6.45) is 1.49. The van der Waals surface area contributed by atoms with Gasteiger partial charge in [0.25, 0.3) is 0 Å². The van der Waals surface area contributed by atoms with Gasteiger partial charge in [0.15, 0.2) is 9.84 Å². The van der Waals surface area contributed by atoms with Crippen molar-refractivity contribution in [2.75, 3.05) is 12.4 Å². The lowest BCUT2D eigenvalue weighted by Crippen LogP contribution is -2.22. The second kappa shape index (κ2) is 8.02. The third-order valence-corrected chi connectivity index (χ3v) is 5.40. The molecule has 6 heteroatoms. The van der Waals surface area contributed by atoms with Gasteiger partial charge < -0.3 is 9.94 Å². The highest BCUT2D eigenvalue weighted by molar-refractivity contribution is 7.91. The number of sulfone groups is 1. The summed E-state index contributed by atoms with van der Waals surface area (Å²) in [5.41, 5.74) is 1.80. The van der Waals surface area contributed by atoms with E-state index in [1.807, 2.05) is 24.3 Å². The van der Waals surface area contributed by atoms with Crippen LogP contribution < -0.4 is 4.74 Å². The van der Waals surface area contributed by atoms with Crippen LogP contribution in [0.5, 0.6) is 5.75 Å². The van der Waals surface area contributed by atoms with Gasteiger partial charge in [-0.2, -0.15) is 0 Å². The van der Waals surface area contributed by atoms with Crippen molar-refractivity contribution < 1.29 is 18.4 Å². The quantitative estimate of drug-likeness (QED) is 0.455. The second-order valence-corrected chi connectivity index (χ2v) is 7.92. The number of hydrogen-bond donors (Lipinski definition) is 1. The van der Waals surface area contributed by atoms with Crippen LogP contribution >= 0.6 is 0 Å². The summed E-state index contributed by atoms with van der Waals surface area (Å²) in [5.74, 6) is 0.684. The minimum atomic E-state index is -3.06. The molecule has 0 radical (unpaired) electrons. The standard InChI is InChI=1S/C15H23NO4S/c1-12(2)21(18,19)11-10-20-15-8-6-14(7-9-15)5-4-13(3)16-17/h6-9,12,17H,4-5,10-11H2,1-3H3/b16-13+. The van der Waals surface area contributed by atoms with E-state index in [9.17, 15) is 8.42 Å². The van der Waals surface area contributed by atoms with Crippen LogP contribution in [0, 0.1) is 0 Å². The van der Waals surface area contributed by atoms with Crippen molar-refractivity contribution >= 4 is 15.5 Å². The van der Waals surface area contributed by atoms with Gasteiger partial charge in [0.1, 0.15) is 12.4 Å². The zero-order chi connectivity index (χ0) is 15.9. The van der Waals surface area contributed by atoms with Gasteiger partial charge in [-0.3, -0.25) is 0 Å². The van der Waals surface area contributed by atoms with E-state index in [4.69, 9.17) is 9.94 Å². The molecule has 0 saturated carbocycles. The van der Waals surface area contributed by atoms with Gasteiger partial charge in [-0.1, -0.05) is 17.3 Å². The molecule has 5 nitrogen and oxygen atoms in total. The first kappa shape index (κ1) is 17.5. The molecule has 1 rings (SSSR count). The summed E-state index contributed by atoms with van der Waals surface area (Å²) in [4.78, 5) is 0. The normalized spacial score (nSPS) is 12.7. The molecule has 118 valence electrons. The van der Waals surface area contributed by atoms with Crippen LogP contribution in [-0.2, 0) is 16.3 Å². The van der Waals surface area contributed by atoms with Gasteiger partial charge in [-0.25, -0.2) is 8.42 Å². The van der Waals surface area contributed by atoms with Gasteiger partial charge in [-0.15, -0.1) is 0 Å². The Morgan fingerprint density at radius 3 is 2.43 bits per heavy atom. The van der Waals surface area contributed by atoms with Crippen molar-refractivity contribution in [3.8, 4) is 5.75 Å². The summed E-state index contributed by atoms with van der Waals surface area (Å²) in [6.45, 7) is 5.27. The Hall–Kier alpha value is -1.56. The van der Waals surface area contributed by atoms with Crippen molar-refractivity contribution in [2.45, 2.75) is 38.9 Å². The lowest BCUT2D eigenvalue weighted by atomic mass is 10.1. The van der Waals surface area contributed by atoms with E-state index < -0.39 is 9.84 Å². The molecule has 0 saturated heterocycles. The molecule has 0 heterocycles. The molecule has 0 aliphatic heterocycles. The average molecular weight is 313 g/mol.